The lowest BCUT2D eigenvalue weighted by atomic mass is 10.2. The van der Waals surface area contributed by atoms with Gasteiger partial charge in [-0.25, -0.2) is 0 Å². The van der Waals surface area contributed by atoms with E-state index in [1.807, 2.05) is 47.0 Å². The molecule has 162 valence electrons. The summed E-state index contributed by atoms with van der Waals surface area (Å²) in [7, 11) is 0. The van der Waals surface area contributed by atoms with Gasteiger partial charge < -0.3 is 5.32 Å². The zero-order chi connectivity index (χ0) is 22.2. The molecule has 0 fully saturated rings. The molecule has 0 atom stereocenters. The molecule has 2 aromatic carbocycles. The number of carbonyl (C=O) groups is 1. The van der Waals surface area contributed by atoms with Crippen molar-refractivity contribution >= 4 is 29.4 Å². The van der Waals surface area contributed by atoms with Gasteiger partial charge >= 0.3 is 0 Å². The average molecular weight is 462 g/mol. The molecular formula is C24H23N5OS2. The molecule has 0 saturated heterocycles. The molecule has 8 heteroatoms. The maximum absolute atomic E-state index is 12.4. The van der Waals surface area contributed by atoms with Crippen LogP contribution >= 0.6 is 23.5 Å². The zero-order valence-electron chi connectivity index (χ0n) is 17.6. The van der Waals surface area contributed by atoms with Crippen LogP contribution < -0.4 is 5.32 Å². The molecule has 0 spiro atoms. The molecule has 0 saturated carbocycles. The number of rotatable bonds is 9. The molecule has 1 N–H and O–H groups in total. The number of pyridine rings is 1. The standard InChI is InChI=1S/C24H23N5OS2/c1-18-7-9-20(10-8-18)29-23(19-11-13-25-14-12-19)27-28-24(29)32-17-22(30)26-15-16-31-21-5-3-2-4-6-21/h2-14H,15-17H2,1H3,(H,26,30). The minimum Gasteiger partial charge on any atom is -0.355 e. The van der Waals surface area contributed by atoms with E-state index in [-0.39, 0.29) is 11.7 Å². The van der Waals surface area contributed by atoms with Crippen molar-refractivity contribution in [3.63, 3.8) is 0 Å². The number of aromatic nitrogens is 4. The van der Waals surface area contributed by atoms with Crippen LogP contribution in [0.3, 0.4) is 0 Å². The zero-order valence-corrected chi connectivity index (χ0v) is 19.3. The summed E-state index contributed by atoms with van der Waals surface area (Å²) in [5.41, 5.74) is 3.05. The van der Waals surface area contributed by atoms with Gasteiger partial charge in [0.15, 0.2) is 11.0 Å². The smallest absolute Gasteiger partial charge is 0.230 e. The summed E-state index contributed by atoms with van der Waals surface area (Å²) in [6.07, 6.45) is 3.47. The molecule has 0 aliphatic rings. The van der Waals surface area contributed by atoms with Gasteiger partial charge in [0.2, 0.25) is 5.91 Å². The first-order valence-corrected chi connectivity index (χ1v) is 12.2. The van der Waals surface area contributed by atoms with Crippen molar-refractivity contribution in [2.45, 2.75) is 17.0 Å². The predicted octanol–water partition coefficient (Wildman–Crippen LogP) is 4.64. The highest BCUT2D eigenvalue weighted by Crippen LogP contribution is 2.27. The fourth-order valence-electron chi connectivity index (χ4n) is 3.04. The SMILES string of the molecule is Cc1ccc(-n2c(SCC(=O)NCCSc3ccccc3)nnc2-c2ccncc2)cc1. The summed E-state index contributed by atoms with van der Waals surface area (Å²) >= 11 is 3.10. The van der Waals surface area contributed by atoms with Crippen LogP contribution in [-0.4, -0.2) is 43.7 Å². The van der Waals surface area contributed by atoms with E-state index in [0.29, 0.717) is 11.7 Å². The van der Waals surface area contributed by atoms with E-state index in [4.69, 9.17) is 0 Å². The van der Waals surface area contributed by atoms with Crippen LogP contribution in [0.25, 0.3) is 17.1 Å². The van der Waals surface area contributed by atoms with Crippen LogP contribution in [0.1, 0.15) is 5.56 Å². The Morgan fingerprint density at radius 2 is 1.69 bits per heavy atom. The van der Waals surface area contributed by atoms with Gasteiger partial charge in [-0.05, 0) is 43.3 Å². The Bertz CT molecular complexity index is 1150. The summed E-state index contributed by atoms with van der Waals surface area (Å²) in [6, 6.07) is 22.2. The molecule has 0 unspecified atom stereocenters. The summed E-state index contributed by atoms with van der Waals surface area (Å²) in [5, 5.41) is 12.4. The molecule has 0 bridgehead atoms. The van der Waals surface area contributed by atoms with Gasteiger partial charge in [-0.1, -0.05) is 47.7 Å². The second-order valence-electron chi connectivity index (χ2n) is 7.01. The van der Waals surface area contributed by atoms with E-state index < -0.39 is 0 Å². The van der Waals surface area contributed by atoms with E-state index in [2.05, 4.69) is 51.7 Å². The van der Waals surface area contributed by atoms with E-state index in [0.717, 1.165) is 22.8 Å². The Balaban J connectivity index is 1.41. The Morgan fingerprint density at radius 3 is 2.44 bits per heavy atom. The van der Waals surface area contributed by atoms with E-state index in [9.17, 15) is 4.79 Å². The van der Waals surface area contributed by atoms with Gasteiger partial charge in [0.25, 0.3) is 0 Å². The second-order valence-corrected chi connectivity index (χ2v) is 9.12. The van der Waals surface area contributed by atoms with Crippen LogP contribution in [0.15, 0.2) is 89.2 Å². The van der Waals surface area contributed by atoms with E-state index in [1.54, 1.807) is 24.2 Å². The number of thioether (sulfide) groups is 2. The van der Waals surface area contributed by atoms with Crippen LogP contribution in [0, 0.1) is 6.92 Å². The first kappa shape index (κ1) is 22.1. The molecular weight excluding hydrogens is 438 g/mol. The topological polar surface area (TPSA) is 72.7 Å². The van der Waals surface area contributed by atoms with Crippen molar-refractivity contribution in [1.29, 1.82) is 0 Å². The maximum atomic E-state index is 12.4. The number of benzene rings is 2. The van der Waals surface area contributed by atoms with Gasteiger partial charge in [-0.3, -0.25) is 14.3 Å². The maximum Gasteiger partial charge on any atom is 0.230 e. The summed E-state index contributed by atoms with van der Waals surface area (Å²) in [5.74, 6) is 1.80. The van der Waals surface area contributed by atoms with Crippen molar-refractivity contribution in [1.82, 2.24) is 25.1 Å². The fraction of sp³-hybridized carbons (Fsp3) is 0.167. The van der Waals surface area contributed by atoms with E-state index in [1.165, 1.54) is 22.2 Å². The van der Waals surface area contributed by atoms with Crippen LogP contribution in [-0.2, 0) is 4.79 Å². The normalized spacial score (nSPS) is 10.8. The van der Waals surface area contributed by atoms with Crippen LogP contribution in [0.4, 0.5) is 0 Å². The van der Waals surface area contributed by atoms with Gasteiger partial charge in [0.1, 0.15) is 0 Å². The first-order valence-electron chi connectivity index (χ1n) is 10.2. The monoisotopic (exact) mass is 461 g/mol. The van der Waals surface area contributed by atoms with Crippen molar-refractivity contribution in [3.05, 3.63) is 84.7 Å². The highest BCUT2D eigenvalue weighted by molar-refractivity contribution is 7.99. The molecule has 0 aliphatic carbocycles. The first-order chi connectivity index (χ1) is 15.7. The molecule has 4 aromatic rings. The summed E-state index contributed by atoms with van der Waals surface area (Å²) in [4.78, 5) is 17.7. The van der Waals surface area contributed by atoms with Crippen LogP contribution in [0.5, 0.6) is 0 Å². The Labute approximate surface area is 195 Å². The number of hydrogen-bond donors (Lipinski definition) is 1. The summed E-state index contributed by atoms with van der Waals surface area (Å²) in [6.45, 7) is 2.67. The largest absolute Gasteiger partial charge is 0.355 e. The lowest BCUT2D eigenvalue weighted by molar-refractivity contribution is -0.118. The third kappa shape index (κ3) is 5.77. The van der Waals surface area contributed by atoms with Gasteiger partial charge in [0.05, 0.1) is 5.75 Å². The number of amides is 1. The Hall–Kier alpha value is -3.10. The average Bonchev–Trinajstić information content (AvgIpc) is 3.26. The molecule has 0 aliphatic heterocycles. The summed E-state index contributed by atoms with van der Waals surface area (Å²) < 4.78 is 1.98. The highest BCUT2D eigenvalue weighted by atomic mass is 32.2. The van der Waals surface area contributed by atoms with Gasteiger partial charge in [-0.2, -0.15) is 0 Å². The number of aryl methyl sites for hydroxylation is 1. The third-order valence-electron chi connectivity index (χ3n) is 4.63. The third-order valence-corrected chi connectivity index (χ3v) is 6.58. The quantitative estimate of drug-likeness (QED) is 0.289. The molecule has 2 aromatic heterocycles. The van der Waals surface area contributed by atoms with Crippen molar-refractivity contribution in [3.8, 4) is 17.1 Å². The highest BCUT2D eigenvalue weighted by Gasteiger charge is 2.17. The minimum absolute atomic E-state index is 0.0208. The van der Waals surface area contributed by atoms with Crippen molar-refractivity contribution < 1.29 is 4.79 Å². The number of carbonyl (C=O) groups excluding carboxylic acids is 1. The molecule has 1 amide bonds. The Kier molecular flexibility index (Phi) is 7.58. The molecule has 6 nitrogen and oxygen atoms in total. The number of nitrogens with one attached hydrogen (secondary N) is 1. The van der Waals surface area contributed by atoms with Crippen molar-refractivity contribution in [2.75, 3.05) is 18.1 Å². The second kappa shape index (κ2) is 11.0. The molecule has 4 rings (SSSR count). The molecule has 32 heavy (non-hydrogen) atoms. The fourth-order valence-corrected chi connectivity index (χ4v) is 4.61. The van der Waals surface area contributed by atoms with Gasteiger partial charge in [0, 0.05) is 40.8 Å². The van der Waals surface area contributed by atoms with Gasteiger partial charge in [-0.15, -0.1) is 22.0 Å². The Morgan fingerprint density at radius 1 is 0.938 bits per heavy atom. The lowest BCUT2D eigenvalue weighted by Gasteiger charge is -2.11. The van der Waals surface area contributed by atoms with Crippen molar-refractivity contribution in [2.24, 2.45) is 0 Å². The minimum atomic E-state index is -0.0208. The van der Waals surface area contributed by atoms with Crippen LogP contribution in [0.2, 0.25) is 0 Å². The van der Waals surface area contributed by atoms with E-state index >= 15 is 0 Å². The number of nitrogens with zero attached hydrogens (tertiary/aromatic N) is 4. The predicted molar refractivity (Wildman–Crippen MR) is 130 cm³/mol. The molecule has 2 heterocycles. The molecule has 0 radical (unpaired) electrons. The lowest BCUT2D eigenvalue weighted by Crippen LogP contribution is -2.27. The number of hydrogen-bond acceptors (Lipinski definition) is 6.